The molecule has 0 aliphatic carbocycles. The van der Waals surface area contributed by atoms with Crippen LogP contribution in [0.3, 0.4) is 0 Å². The van der Waals surface area contributed by atoms with Crippen molar-refractivity contribution in [1.82, 2.24) is 10.3 Å². The van der Waals surface area contributed by atoms with Crippen LogP contribution in [0, 0.1) is 5.82 Å². The number of hydrogen-bond acceptors (Lipinski definition) is 5. The fraction of sp³-hybridized carbons (Fsp3) is 0.241. The van der Waals surface area contributed by atoms with Gasteiger partial charge in [0, 0.05) is 47.8 Å². The van der Waals surface area contributed by atoms with Gasteiger partial charge in [-0.1, -0.05) is 53.5 Å². The zero-order chi connectivity index (χ0) is 26.2. The molecule has 4 aromatic rings. The SMILES string of the molecule is O=C(N[C@H]1CCOc2ccccc21)c1cnc2c(-c3cccc(Cl)c3Cl)c(F)ccc2c1N1CCOCC1. The van der Waals surface area contributed by atoms with Crippen molar-refractivity contribution in [2.75, 3.05) is 37.8 Å². The maximum atomic E-state index is 15.3. The molecule has 6 rings (SSSR count). The maximum Gasteiger partial charge on any atom is 0.255 e. The molecule has 9 heteroatoms. The van der Waals surface area contributed by atoms with Gasteiger partial charge in [-0.15, -0.1) is 0 Å². The summed E-state index contributed by atoms with van der Waals surface area (Å²) in [5.74, 6) is 0.0416. The number of para-hydroxylation sites is 1. The lowest BCUT2D eigenvalue weighted by atomic mass is 9.97. The molecule has 1 aromatic heterocycles. The first kappa shape index (κ1) is 24.9. The molecule has 0 saturated carbocycles. The molecular formula is C29H24Cl2FN3O3. The molecule has 2 aliphatic rings. The van der Waals surface area contributed by atoms with Gasteiger partial charge in [0.15, 0.2) is 0 Å². The highest BCUT2D eigenvalue weighted by molar-refractivity contribution is 6.44. The number of nitrogens with one attached hydrogen (secondary N) is 1. The van der Waals surface area contributed by atoms with E-state index in [0.29, 0.717) is 72.1 Å². The van der Waals surface area contributed by atoms with E-state index in [4.69, 9.17) is 32.7 Å². The third-order valence-electron chi connectivity index (χ3n) is 7.02. The van der Waals surface area contributed by atoms with Crippen molar-refractivity contribution in [3.05, 3.63) is 87.8 Å². The van der Waals surface area contributed by atoms with E-state index < -0.39 is 5.82 Å². The molecule has 2 aliphatic heterocycles. The summed E-state index contributed by atoms with van der Waals surface area (Å²) in [4.78, 5) is 20.5. The molecule has 0 unspecified atom stereocenters. The number of morpholine rings is 1. The summed E-state index contributed by atoms with van der Waals surface area (Å²) in [6.07, 6.45) is 2.17. The predicted octanol–water partition coefficient (Wildman–Crippen LogP) is 6.44. The van der Waals surface area contributed by atoms with Gasteiger partial charge in [0.05, 0.1) is 52.7 Å². The van der Waals surface area contributed by atoms with Gasteiger partial charge in [-0.05, 0) is 24.3 Å². The number of carbonyl (C=O) groups excluding carboxylic acids is 1. The summed E-state index contributed by atoms with van der Waals surface area (Å²) in [7, 11) is 0. The number of nitrogens with zero attached hydrogens (tertiary/aromatic N) is 2. The molecule has 1 amide bonds. The number of amides is 1. The Morgan fingerprint density at radius 2 is 1.84 bits per heavy atom. The normalized spacial score (nSPS) is 17.1. The van der Waals surface area contributed by atoms with Gasteiger partial charge >= 0.3 is 0 Å². The van der Waals surface area contributed by atoms with Crippen LogP contribution in [0.15, 0.2) is 60.8 Å². The lowest BCUT2D eigenvalue weighted by molar-refractivity contribution is 0.0923. The van der Waals surface area contributed by atoms with E-state index in [2.05, 4.69) is 15.2 Å². The maximum absolute atomic E-state index is 15.3. The Balaban J connectivity index is 1.49. The van der Waals surface area contributed by atoms with E-state index in [9.17, 15) is 4.79 Å². The minimum atomic E-state index is -0.474. The molecule has 0 radical (unpaired) electrons. The molecule has 3 aromatic carbocycles. The van der Waals surface area contributed by atoms with Gasteiger partial charge in [0.25, 0.3) is 5.91 Å². The van der Waals surface area contributed by atoms with E-state index in [0.717, 1.165) is 11.3 Å². The van der Waals surface area contributed by atoms with E-state index >= 15 is 4.39 Å². The number of anilines is 1. The molecule has 194 valence electrons. The number of hydrogen-bond donors (Lipinski definition) is 1. The van der Waals surface area contributed by atoms with Gasteiger partial charge in [0.1, 0.15) is 11.6 Å². The predicted molar refractivity (Wildman–Crippen MR) is 147 cm³/mol. The molecule has 0 bridgehead atoms. The zero-order valence-corrected chi connectivity index (χ0v) is 21.9. The monoisotopic (exact) mass is 551 g/mol. The van der Waals surface area contributed by atoms with Gasteiger partial charge in [-0.3, -0.25) is 9.78 Å². The van der Waals surface area contributed by atoms with Crippen LogP contribution >= 0.6 is 23.2 Å². The van der Waals surface area contributed by atoms with Crippen molar-refractivity contribution in [2.24, 2.45) is 0 Å². The van der Waals surface area contributed by atoms with Crippen molar-refractivity contribution < 1.29 is 18.7 Å². The lowest BCUT2D eigenvalue weighted by Gasteiger charge is -2.32. The summed E-state index contributed by atoms with van der Waals surface area (Å²) < 4.78 is 26.7. The molecule has 38 heavy (non-hydrogen) atoms. The molecule has 1 fully saturated rings. The van der Waals surface area contributed by atoms with Crippen LogP contribution in [0.1, 0.15) is 28.4 Å². The lowest BCUT2D eigenvalue weighted by Crippen LogP contribution is -2.39. The van der Waals surface area contributed by atoms with Crippen molar-refractivity contribution in [1.29, 1.82) is 0 Å². The minimum Gasteiger partial charge on any atom is -0.493 e. The topological polar surface area (TPSA) is 63.7 Å². The Morgan fingerprint density at radius 1 is 1.03 bits per heavy atom. The van der Waals surface area contributed by atoms with Crippen LogP contribution < -0.4 is 15.0 Å². The highest BCUT2D eigenvalue weighted by Crippen LogP contribution is 2.41. The summed E-state index contributed by atoms with van der Waals surface area (Å²) in [5, 5.41) is 4.40. The van der Waals surface area contributed by atoms with Gasteiger partial charge in [-0.25, -0.2) is 4.39 Å². The molecule has 1 atom stereocenters. The number of halogens is 3. The quantitative estimate of drug-likeness (QED) is 0.316. The van der Waals surface area contributed by atoms with Gasteiger partial charge in [0.2, 0.25) is 0 Å². The average molecular weight is 552 g/mol. The largest absolute Gasteiger partial charge is 0.493 e. The first-order valence-corrected chi connectivity index (χ1v) is 13.2. The van der Waals surface area contributed by atoms with Crippen molar-refractivity contribution in [3.63, 3.8) is 0 Å². The Hall–Kier alpha value is -3.39. The van der Waals surface area contributed by atoms with Gasteiger partial charge < -0.3 is 19.7 Å². The van der Waals surface area contributed by atoms with Crippen LogP contribution in [0.2, 0.25) is 10.0 Å². The summed E-state index contributed by atoms with van der Waals surface area (Å²) in [6.45, 7) is 2.73. The second-order valence-corrected chi connectivity index (χ2v) is 10.0. The summed E-state index contributed by atoms with van der Waals surface area (Å²) in [6, 6.07) is 15.7. The van der Waals surface area contributed by atoms with Crippen LogP contribution in [0.25, 0.3) is 22.0 Å². The van der Waals surface area contributed by atoms with E-state index in [-0.39, 0.29) is 22.5 Å². The fourth-order valence-corrected chi connectivity index (χ4v) is 5.60. The van der Waals surface area contributed by atoms with Gasteiger partial charge in [-0.2, -0.15) is 0 Å². The second-order valence-electron chi connectivity index (χ2n) is 9.24. The van der Waals surface area contributed by atoms with Crippen molar-refractivity contribution >= 4 is 45.7 Å². The number of benzene rings is 3. The number of pyridine rings is 1. The Labute approximate surface area is 229 Å². The zero-order valence-electron chi connectivity index (χ0n) is 20.3. The molecular weight excluding hydrogens is 528 g/mol. The first-order valence-electron chi connectivity index (χ1n) is 12.4. The highest BCUT2D eigenvalue weighted by atomic mass is 35.5. The Morgan fingerprint density at radius 3 is 2.68 bits per heavy atom. The van der Waals surface area contributed by atoms with Crippen LogP contribution in [-0.4, -0.2) is 43.8 Å². The standard InChI is InChI=1S/C29H24Cl2FN3O3/c30-21-6-3-5-18(26(21)31)25-22(32)9-8-19-27(25)33-16-20(28(19)35-11-14-37-15-12-35)29(36)34-23-10-13-38-24-7-2-1-4-17(23)24/h1-9,16,23H,10-15H2,(H,34,36)/t23-/m0/s1. The Bertz CT molecular complexity index is 1540. The molecule has 6 nitrogen and oxygen atoms in total. The third kappa shape index (κ3) is 4.45. The summed E-state index contributed by atoms with van der Waals surface area (Å²) in [5.41, 5.74) is 3.14. The molecule has 0 spiro atoms. The summed E-state index contributed by atoms with van der Waals surface area (Å²) >= 11 is 12.7. The second kappa shape index (κ2) is 10.4. The number of ether oxygens (including phenoxy) is 2. The van der Waals surface area contributed by atoms with Crippen molar-refractivity contribution in [3.8, 4) is 16.9 Å². The number of aromatic nitrogens is 1. The van der Waals surface area contributed by atoms with Crippen LogP contribution in [-0.2, 0) is 4.74 Å². The van der Waals surface area contributed by atoms with Crippen molar-refractivity contribution in [2.45, 2.75) is 12.5 Å². The number of rotatable bonds is 4. The molecule has 1 N–H and O–H groups in total. The Kier molecular flexibility index (Phi) is 6.82. The highest BCUT2D eigenvalue weighted by Gasteiger charge is 2.28. The minimum absolute atomic E-state index is 0.199. The fourth-order valence-electron chi connectivity index (χ4n) is 5.20. The first-order chi connectivity index (χ1) is 18.5. The average Bonchev–Trinajstić information content (AvgIpc) is 2.95. The van der Waals surface area contributed by atoms with Crippen LogP contribution in [0.4, 0.5) is 10.1 Å². The van der Waals surface area contributed by atoms with E-state index in [1.54, 1.807) is 24.3 Å². The molecule has 3 heterocycles. The van der Waals surface area contributed by atoms with Crippen LogP contribution in [0.5, 0.6) is 5.75 Å². The number of carbonyl (C=O) groups is 1. The number of fused-ring (bicyclic) bond motifs is 2. The van der Waals surface area contributed by atoms with E-state index in [1.807, 2.05) is 24.3 Å². The smallest absolute Gasteiger partial charge is 0.255 e. The van der Waals surface area contributed by atoms with E-state index in [1.165, 1.54) is 12.3 Å². The molecule has 1 saturated heterocycles. The third-order valence-corrected chi connectivity index (χ3v) is 7.84.